The van der Waals surface area contributed by atoms with Gasteiger partial charge in [0.2, 0.25) is 11.8 Å². The molecule has 0 bridgehead atoms. The topological polar surface area (TPSA) is 154 Å². The molecule has 0 radical (unpaired) electrons. The van der Waals surface area contributed by atoms with E-state index in [9.17, 15) is 14.4 Å². The van der Waals surface area contributed by atoms with Crippen LogP contribution < -0.4 is 11.1 Å². The number of benzene rings is 2. The van der Waals surface area contributed by atoms with E-state index in [-0.39, 0.29) is 44.6 Å². The van der Waals surface area contributed by atoms with E-state index in [2.05, 4.69) is 20.6 Å². The van der Waals surface area contributed by atoms with Crippen molar-refractivity contribution < 1.29 is 19.1 Å². The van der Waals surface area contributed by atoms with Crippen molar-refractivity contribution in [1.82, 2.24) is 39.7 Å². The minimum Gasteiger partial charge on any atom is -0.441 e. The van der Waals surface area contributed by atoms with Crippen LogP contribution >= 0.6 is 0 Å². The lowest BCUT2D eigenvalue weighted by Crippen LogP contribution is -2.63. The van der Waals surface area contributed by atoms with Crippen LogP contribution in [0.2, 0.25) is 0 Å². The van der Waals surface area contributed by atoms with E-state index < -0.39 is 18.2 Å². The maximum atomic E-state index is 13.5. The average Bonchev–Trinajstić information content (AvgIpc) is 3.61. The molecule has 1 fully saturated rings. The fourth-order valence-corrected chi connectivity index (χ4v) is 5.00. The van der Waals surface area contributed by atoms with Crippen LogP contribution in [-0.4, -0.2) is 84.0 Å². The summed E-state index contributed by atoms with van der Waals surface area (Å²) in [4.78, 5) is 47.1. The molecule has 3 N–H and O–H groups in total. The van der Waals surface area contributed by atoms with Crippen molar-refractivity contribution in [2.24, 2.45) is 19.8 Å². The third-order valence-electron chi connectivity index (χ3n) is 7.52. The van der Waals surface area contributed by atoms with E-state index >= 15 is 0 Å². The molecular formula is C29H35N9O4. The minimum absolute atomic E-state index is 0.00639. The highest BCUT2D eigenvalue weighted by Gasteiger charge is 2.39. The number of nitrogens with one attached hydrogen (secondary N) is 1. The number of rotatable bonds is 9. The molecule has 0 spiro atoms. The number of aromatic nitrogens is 5. The first-order valence-corrected chi connectivity index (χ1v) is 13.8. The lowest BCUT2D eigenvalue weighted by atomic mass is 10.0. The normalized spacial score (nSPS) is 15.9. The maximum absolute atomic E-state index is 13.5. The van der Waals surface area contributed by atoms with Crippen LogP contribution in [0.4, 0.5) is 4.79 Å². The van der Waals surface area contributed by atoms with Crippen LogP contribution in [0.5, 0.6) is 0 Å². The summed E-state index contributed by atoms with van der Waals surface area (Å²) >= 11 is 0. The molecule has 0 saturated carbocycles. The number of nitrogens with zero attached hydrogens (tertiary/aromatic N) is 7. The Bertz CT molecular complexity index is 1550. The summed E-state index contributed by atoms with van der Waals surface area (Å²) in [5.41, 5.74) is 9.83. The highest BCUT2D eigenvalue weighted by molar-refractivity contribution is 5.90. The average molecular weight is 574 g/mol. The number of ether oxygens (including phenoxy) is 1. The van der Waals surface area contributed by atoms with Crippen LogP contribution in [0.3, 0.4) is 0 Å². The van der Waals surface area contributed by atoms with Crippen molar-refractivity contribution in [1.29, 1.82) is 0 Å². The minimum atomic E-state index is -0.935. The first-order valence-electron chi connectivity index (χ1n) is 13.8. The van der Waals surface area contributed by atoms with E-state index in [4.69, 9.17) is 10.5 Å². The maximum Gasteiger partial charge on any atom is 0.410 e. The fraction of sp³-hybridized carbons (Fsp3) is 0.379. The van der Waals surface area contributed by atoms with Crippen molar-refractivity contribution in [3.05, 3.63) is 77.9 Å². The molecule has 0 aliphatic carbocycles. The summed E-state index contributed by atoms with van der Waals surface area (Å²) in [5.74, 6) is -0.122. The SMILES string of the molecule is Cn1ccnc1COC(=O)N1CCN(C(=O)C(N)CCc2ccccc2)C(C(=O)NCc2ccc3c(c2)nnn3C)C1. The summed E-state index contributed by atoms with van der Waals surface area (Å²) in [6.07, 6.45) is 3.87. The van der Waals surface area contributed by atoms with Gasteiger partial charge >= 0.3 is 6.09 Å². The summed E-state index contributed by atoms with van der Waals surface area (Å²) in [6.45, 7) is 0.551. The number of fused-ring (bicyclic) bond motifs is 1. The number of amides is 3. The Hall–Kier alpha value is -4.78. The number of piperazine rings is 1. The van der Waals surface area contributed by atoms with E-state index in [1.807, 2.05) is 62.6 Å². The molecule has 3 amide bonds. The van der Waals surface area contributed by atoms with Gasteiger partial charge in [-0.15, -0.1) is 5.10 Å². The molecule has 1 aliphatic heterocycles. The van der Waals surface area contributed by atoms with Crippen LogP contribution in [0.25, 0.3) is 11.0 Å². The second-order valence-electron chi connectivity index (χ2n) is 10.4. The molecule has 1 saturated heterocycles. The van der Waals surface area contributed by atoms with E-state index in [1.165, 1.54) is 9.80 Å². The van der Waals surface area contributed by atoms with Gasteiger partial charge in [-0.1, -0.05) is 41.6 Å². The van der Waals surface area contributed by atoms with Gasteiger partial charge in [0, 0.05) is 46.1 Å². The highest BCUT2D eigenvalue weighted by Crippen LogP contribution is 2.17. The number of hydrogen-bond donors (Lipinski definition) is 2. The van der Waals surface area contributed by atoms with Gasteiger partial charge in [-0.05, 0) is 36.1 Å². The van der Waals surface area contributed by atoms with E-state index in [0.717, 1.165) is 16.6 Å². The zero-order chi connectivity index (χ0) is 29.6. The number of carbonyl (C=O) groups excluding carboxylic acids is 3. The third kappa shape index (κ3) is 6.57. The molecular weight excluding hydrogens is 538 g/mol. The Morgan fingerprint density at radius 2 is 1.90 bits per heavy atom. The second kappa shape index (κ2) is 12.8. The van der Waals surface area contributed by atoms with E-state index in [1.54, 1.807) is 21.6 Å². The molecule has 2 aromatic carbocycles. The second-order valence-corrected chi connectivity index (χ2v) is 10.4. The standard InChI is InChI=1S/C29H35N9O4/c1-35-13-12-31-26(35)19-42-29(41)37-14-15-38(28(40)22(30)10-8-20-6-4-3-5-7-20)25(18-37)27(39)32-17-21-9-11-24-23(16-21)33-34-36(24)2/h3-7,9,11-13,16,22,25H,8,10,14-15,17-19,30H2,1-2H3,(H,32,39). The summed E-state index contributed by atoms with van der Waals surface area (Å²) in [6, 6.07) is 13.7. The van der Waals surface area contributed by atoms with Crippen molar-refractivity contribution in [3.63, 3.8) is 0 Å². The van der Waals surface area contributed by atoms with Crippen molar-refractivity contribution >= 4 is 28.9 Å². The molecule has 5 rings (SSSR count). The molecule has 42 heavy (non-hydrogen) atoms. The lowest BCUT2D eigenvalue weighted by molar-refractivity contribution is -0.144. The van der Waals surface area contributed by atoms with Gasteiger partial charge in [-0.2, -0.15) is 0 Å². The van der Waals surface area contributed by atoms with Crippen LogP contribution in [-0.2, 0) is 48.0 Å². The van der Waals surface area contributed by atoms with Crippen molar-refractivity contribution in [2.75, 3.05) is 19.6 Å². The number of carbonyl (C=O) groups is 3. The van der Waals surface area contributed by atoms with Crippen LogP contribution in [0.1, 0.15) is 23.4 Å². The number of hydrogen-bond acceptors (Lipinski definition) is 8. The van der Waals surface area contributed by atoms with Gasteiger partial charge in [0.25, 0.3) is 0 Å². The fourth-order valence-electron chi connectivity index (χ4n) is 5.00. The van der Waals surface area contributed by atoms with E-state index in [0.29, 0.717) is 24.2 Å². The van der Waals surface area contributed by atoms with Crippen molar-refractivity contribution in [2.45, 2.75) is 38.1 Å². The Labute approximate surface area is 243 Å². The predicted octanol–water partition coefficient (Wildman–Crippen LogP) is 1.13. The highest BCUT2D eigenvalue weighted by atomic mass is 16.6. The van der Waals surface area contributed by atoms with Gasteiger partial charge in [0.05, 0.1) is 18.1 Å². The first-order chi connectivity index (χ1) is 20.3. The molecule has 3 heterocycles. The lowest BCUT2D eigenvalue weighted by Gasteiger charge is -2.41. The van der Waals surface area contributed by atoms with Crippen molar-refractivity contribution in [3.8, 4) is 0 Å². The Balaban J connectivity index is 1.26. The van der Waals surface area contributed by atoms with Crippen LogP contribution in [0.15, 0.2) is 60.9 Å². The molecule has 2 unspecified atom stereocenters. The molecule has 13 heteroatoms. The smallest absolute Gasteiger partial charge is 0.410 e. The molecule has 2 aromatic heterocycles. The van der Waals surface area contributed by atoms with Gasteiger partial charge in [0.1, 0.15) is 17.4 Å². The number of imidazole rings is 1. The Morgan fingerprint density at radius 3 is 2.67 bits per heavy atom. The quantitative estimate of drug-likeness (QED) is 0.302. The Morgan fingerprint density at radius 1 is 1.10 bits per heavy atom. The summed E-state index contributed by atoms with van der Waals surface area (Å²) < 4.78 is 8.90. The molecule has 220 valence electrons. The van der Waals surface area contributed by atoms with Crippen LogP contribution in [0, 0.1) is 0 Å². The first kappa shape index (κ1) is 28.7. The zero-order valence-electron chi connectivity index (χ0n) is 23.7. The largest absolute Gasteiger partial charge is 0.441 e. The summed E-state index contributed by atoms with van der Waals surface area (Å²) in [5, 5.41) is 11.1. The van der Waals surface area contributed by atoms with Gasteiger partial charge in [0.15, 0.2) is 6.61 Å². The molecule has 4 aromatic rings. The molecule has 1 aliphatic rings. The predicted molar refractivity (Wildman–Crippen MR) is 154 cm³/mol. The van der Waals surface area contributed by atoms with Gasteiger partial charge in [-0.25, -0.2) is 14.5 Å². The van der Waals surface area contributed by atoms with Gasteiger partial charge < -0.3 is 30.2 Å². The zero-order valence-corrected chi connectivity index (χ0v) is 23.7. The molecule has 2 atom stereocenters. The molecule has 13 nitrogen and oxygen atoms in total. The van der Waals surface area contributed by atoms with Gasteiger partial charge in [-0.3, -0.25) is 9.59 Å². The monoisotopic (exact) mass is 573 g/mol. The third-order valence-corrected chi connectivity index (χ3v) is 7.52. The number of nitrogens with two attached hydrogens (primary N) is 1. The Kier molecular flexibility index (Phi) is 8.77. The summed E-state index contributed by atoms with van der Waals surface area (Å²) in [7, 11) is 3.62. The number of aryl methyl sites for hydroxylation is 3.